The van der Waals surface area contributed by atoms with Gasteiger partial charge in [0.1, 0.15) is 5.54 Å². The molecule has 1 heterocycles. The SMILES string of the molecule is C[C@H](O)C[C@@H](CNC(=O)NC1(c2noc(C3CC3)n2)CCCC1)c1ccccc1. The zero-order valence-electron chi connectivity index (χ0n) is 16.9. The molecule has 2 saturated carbocycles. The fourth-order valence-electron chi connectivity index (χ4n) is 4.26. The Morgan fingerprint density at radius 2 is 2.00 bits per heavy atom. The number of carbonyl (C=O) groups excluding carboxylic acids is 1. The number of carbonyl (C=O) groups is 1. The minimum absolute atomic E-state index is 0.0492. The predicted molar refractivity (Wildman–Crippen MR) is 108 cm³/mol. The molecule has 2 aliphatic rings. The van der Waals surface area contributed by atoms with Gasteiger partial charge in [-0.1, -0.05) is 48.3 Å². The molecule has 0 unspecified atom stereocenters. The number of aliphatic hydroxyl groups excluding tert-OH is 1. The number of nitrogens with one attached hydrogen (secondary N) is 2. The molecule has 2 aliphatic carbocycles. The van der Waals surface area contributed by atoms with E-state index in [1.54, 1.807) is 6.92 Å². The summed E-state index contributed by atoms with van der Waals surface area (Å²) in [5.41, 5.74) is 0.560. The van der Waals surface area contributed by atoms with Gasteiger partial charge in [0.2, 0.25) is 5.89 Å². The first-order valence-electron chi connectivity index (χ1n) is 10.7. The number of rotatable bonds is 8. The highest BCUT2D eigenvalue weighted by molar-refractivity contribution is 5.75. The predicted octanol–water partition coefficient (Wildman–Crippen LogP) is 3.57. The lowest BCUT2D eigenvalue weighted by atomic mass is 9.93. The van der Waals surface area contributed by atoms with Crippen LogP contribution in [0.4, 0.5) is 4.79 Å². The second kappa shape index (κ2) is 8.53. The maximum Gasteiger partial charge on any atom is 0.315 e. The van der Waals surface area contributed by atoms with Crippen molar-refractivity contribution in [2.24, 2.45) is 0 Å². The van der Waals surface area contributed by atoms with Crippen molar-refractivity contribution < 1.29 is 14.4 Å². The Morgan fingerprint density at radius 1 is 1.28 bits per heavy atom. The zero-order valence-corrected chi connectivity index (χ0v) is 16.9. The normalized spacial score (nSPS) is 20.2. The van der Waals surface area contributed by atoms with Crippen molar-refractivity contribution in [2.45, 2.75) is 75.3 Å². The Kier molecular flexibility index (Phi) is 5.85. The molecule has 156 valence electrons. The molecule has 0 radical (unpaired) electrons. The summed E-state index contributed by atoms with van der Waals surface area (Å²) in [6.45, 7) is 2.23. The molecule has 0 spiro atoms. The largest absolute Gasteiger partial charge is 0.393 e. The molecule has 0 aliphatic heterocycles. The van der Waals surface area contributed by atoms with Crippen LogP contribution in [0.25, 0.3) is 0 Å². The van der Waals surface area contributed by atoms with Crippen molar-refractivity contribution in [3.05, 3.63) is 47.6 Å². The van der Waals surface area contributed by atoms with Crippen LogP contribution in [0.2, 0.25) is 0 Å². The Labute approximate surface area is 171 Å². The molecule has 0 bridgehead atoms. The molecule has 3 N–H and O–H groups in total. The van der Waals surface area contributed by atoms with Crippen LogP contribution < -0.4 is 10.6 Å². The molecule has 2 fully saturated rings. The number of aliphatic hydroxyl groups is 1. The van der Waals surface area contributed by atoms with E-state index in [1.807, 2.05) is 30.3 Å². The van der Waals surface area contributed by atoms with E-state index in [9.17, 15) is 9.90 Å². The maximum atomic E-state index is 12.8. The fourth-order valence-corrected chi connectivity index (χ4v) is 4.26. The molecule has 7 heteroatoms. The summed E-state index contributed by atoms with van der Waals surface area (Å²) in [5.74, 6) is 1.76. The van der Waals surface area contributed by atoms with E-state index in [4.69, 9.17) is 4.52 Å². The van der Waals surface area contributed by atoms with Crippen molar-refractivity contribution in [3.63, 3.8) is 0 Å². The van der Waals surface area contributed by atoms with E-state index >= 15 is 0 Å². The molecular formula is C22H30N4O3. The summed E-state index contributed by atoms with van der Waals surface area (Å²) in [6, 6.07) is 9.76. The minimum atomic E-state index is -0.548. The zero-order chi connectivity index (χ0) is 20.3. The molecule has 4 rings (SSSR count). The van der Waals surface area contributed by atoms with Crippen LogP contribution >= 0.6 is 0 Å². The lowest BCUT2D eigenvalue weighted by molar-refractivity contribution is 0.172. The Morgan fingerprint density at radius 3 is 2.66 bits per heavy atom. The van der Waals surface area contributed by atoms with Gasteiger partial charge in [-0.25, -0.2) is 4.79 Å². The van der Waals surface area contributed by atoms with Crippen LogP contribution in [-0.4, -0.2) is 33.9 Å². The fraction of sp³-hybridized carbons (Fsp3) is 0.591. The van der Waals surface area contributed by atoms with Crippen molar-refractivity contribution in [1.82, 2.24) is 20.8 Å². The second-order valence-electron chi connectivity index (χ2n) is 8.55. The van der Waals surface area contributed by atoms with Crippen molar-refractivity contribution in [2.75, 3.05) is 6.54 Å². The summed E-state index contributed by atoms with van der Waals surface area (Å²) >= 11 is 0. The molecule has 29 heavy (non-hydrogen) atoms. The smallest absolute Gasteiger partial charge is 0.315 e. The summed E-state index contributed by atoms with van der Waals surface area (Å²) in [5, 5.41) is 20.2. The quantitative estimate of drug-likeness (QED) is 0.631. The molecule has 1 aromatic carbocycles. The van der Waals surface area contributed by atoms with Gasteiger partial charge in [-0.05, 0) is 44.6 Å². The molecule has 1 aromatic heterocycles. The number of amides is 2. The van der Waals surface area contributed by atoms with Crippen LogP contribution in [0.1, 0.15) is 81.0 Å². The number of hydrogen-bond donors (Lipinski definition) is 3. The topological polar surface area (TPSA) is 100 Å². The van der Waals surface area contributed by atoms with Gasteiger partial charge in [0, 0.05) is 18.4 Å². The van der Waals surface area contributed by atoms with Gasteiger partial charge in [0.15, 0.2) is 5.82 Å². The molecule has 2 amide bonds. The molecule has 0 saturated heterocycles. The van der Waals surface area contributed by atoms with E-state index in [-0.39, 0.29) is 11.9 Å². The van der Waals surface area contributed by atoms with Crippen LogP contribution in [-0.2, 0) is 5.54 Å². The molecule has 7 nitrogen and oxygen atoms in total. The minimum Gasteiger partial charge on any atom is -0.393 e. The van der Waals surface area contributed by atoms with Gasteiger partial charge < -0.3 is 20.3 Å². The van der Waals surface area contributed by atoms with Gasteiger partial charge in [0.05, 0.1) is 6.10 Å². The van der Waals surface area contributed by atoms with Crippen molar-refractivity contribution >= 4 is 6.03 Å². The maximum absolute atomic E-state index is 12.8. The Balaban J connectivity index is 1.41. The van der Waals surface area contributed by atoms with Gasteiger partial charge in [-0.3, -0.25) is 0 Å². The van der Waals surface area contributed by atoms with Gasteiger partial charge in [0.25, 0.3) is 0 Å². The molecular weight excluding hydrogens is 368 g/mol. The molecule has 2 aromatic rings. The van der Waals surface area contributed by atoms with E-state index in [0.29, 0.717) is 30.6 Å². The van der Waals surface area contributed by atoms with Crippen LogP contribution in [0.3, 0.4) is 0 Å². The first kappa shape index (κ1) is 19.9. The van der Waals surface area contributed by atoms with Gasteiger partial charge in [-0.2, -0.15) is 4.98 Å². The van der Waals surface area contributed by atoms with E-state index in [0.717, 1.165) is 44.1 Å². The van der Waals surface area contributed by atoms with Crippen LogP contribution in [0.5, 0.6) is 0 Å². The average Bonchev–Trinajstić information content (AvgIpc) is 3.24. The average molecular weight is 399 g/mol. The second-order valence-corrected chi connectivity index (χ2v) is 8.55. The summed E-state index contributed by atoms with van der Waals surface area (Å²) in [4.78, 5) is 17.4. The third-order valence-corrected chi connectivity index (χ3v) is 6.01. The highest BCUT2D eigenvalue weighted by Crippen LogP contribution is 2.42. The van der Waals surface area contributed by atoms with Crippen LogP contribution in [0.15, 0.2) is 34.9 Å². The third-order valence-electron chi connectivity index (χ3n) is 6.01. The lowest BCUT2D eigenvalue weighted by Crippen LogP contribution is -2.49. The van der Waals surface area contributed by atoms with E-state index in [1.165, 1.54) is 0 Å². The van der Waals surface area contributed by atoms with Crippen LogP contribution in [0, 0.1) is 0 Å². The summed E-state index contributed by atoms with van der Waals surface area (Å²) < 4.78 is 5.45. The highest BCUT2D eigenvalue weighted by atomic mass is 16.5. The highest BCUT2D eigenvalue weighted by Gasteiger charge is 2.42. The number of aromatic nitrogens is 2. The van der Waals surface area contributed by atoms with Crippen molar-refractivity contribution in [1.29, 1.82) is 0 Å². The lowest BCUT2D eigenvalue weighted by Gasteiger charge is -2.27. The Hall–Kier alpha value is -2.41. The van der Waals surface area contributed by atoms with Crippen molar-refractivity contribution in [3.8, 4) is 0 Å². The third kappa shape index (κ3) is 4.78. The number of nitrogens with zero attached hydrogens (tertiary/aromatic N) is 2. The van der Waals surface area contributed by atoms with Gasteiger partial charge in [-0.15, -0.1) is 0 Å². The number of benzene rings is 1. The number of hydrogen-bond acceptors (Lipinski definition) is 5. The summed E-state index contributed by atoms with van der Waals surface area (Å²) in [7, 11) is 0. The standard InChI is InChI=1S/C22H30N4O3/c1-15(27)13-18(16-7-3-2-4-8-16)14-23-21(28)25-22(11-5-6-12-22)20-24-19(29-26-20)17-9-10-17/h2-4,7-8,15,17-18,27H,5-6,9-14H2,1H3,(H2,23,25,28)/t15-,18-/m0/s1. The summed E-state index contributed by atoms with van der Waals surface area (Å²) in [6.07, 6.45) is 6.06. The van der Waals surface area contributed by atoms with E-state index in [2.05, 4.69) is 20.8 Å². The first-order chi connectivity index (χ1) is 14.1. The first-order valence-corrected chi connectivity index (χ1v) is 10.7. The Bertz CT molecular complexity index is 810. The number of urea groups is 1. The van der Waals surface area contributed by atoms with Gasteiger partial charge >= 0.3 is 6.03 Å². The molecule has 2 atom stereocenters. The monoisotopic (exact) mass is 398 g/mol. The van der Waals surface area contributed by atoms with E-state index < -0.39 is 11.6 Å².